The van der Waals surface area contributed by atoms with Gasteiger partial charge in [-0.05, 0) is 51.9 Å². The molecule has 2 aliphatic rings. The van der Waals surface area contributed by atoms with Gasteiger partial charge in [-0.15, -0.1) is 0 Å². The van der Waals surface area contributed by atoms with Crippen LogP contribution in [0.4, 0.5) is 0 Å². The van der Waals surface area contributed by atoms with Crippen molar-refractivity contribution in [3.63, 3.8) is 0 Å². The molecule has 20 heavy (non-hydrogen) atoms. The van der Waals surface area contributed by atoms with Crippen molar-refractivity contribution >= 4 is 11.9 Å². The first kappa shape index (κ1) is 15.3. The Morgan fingerprint density at radius 1 is 1.10 bits per heavy atom. The van der Waals surface area contributed by atoms with Crippen molar-refractivity contribution < 1.29 is 14.7 Å². The van der Waals surface area contributed by atoms with Crippen molar-refractivity contribution in [1.82, 2.24) is 10.2 Å². The summed E-state index contributed by atoms with van der Waals surface area (Å²) in [5.41, 5.74) is 0. The number of nitrogens with one attached hydrogen (secondary N) is 1. The van der Waals surface area contributed by atoms with Crippen LogP contribution in [0.5, 0.6) is 0 Å². The summed E-state index contributed by atoms with van der Waals surface area (Å²) in [6.45, 7) is 3.70. The Balaban J connectivity index is 1.75. The number of piperidine rings is 1. The van der Waals surface area contributed by atoms with E-state index in [1.165, 1.54) is 6.42 Å². The molecule has 0 radical (unpaired) electrons. The highest BCUT2D eigenvalue weighted by molar-refractivity contribution is 5.81. The van der Waals surface area contributed by atoms with Crippen LogP contribution in [0.3, 0.4) is 0 Å². The summed E-state index contributed by atoms with van der Waals surface area (Å²) in [4.78, 5) is 25.2. The van der Waals surface area contributed by atoms with Gasteiger partial charge in [0, 0.05) is 19.1 Å². The predicted molar refractivity (Wildman–Crippen MR) is 76.4 cm³/mol. The lowest BCUT2D eigenvalue weighted by atomic mass is 9.86. The number of likely N-dealkylation sites (tertiary alicyclic amines) is 1. The minimum atomic E-state index is -0.680. The first-order valence-corrected chi connectivity index (χ1v) is 7.85. The number of amides is 1. The molecular formula is C15H26N2O3. The highest BCUT2D eigenvalue weighted by Crippen LogP contribution is 2.24. The average molecular weight is 282 g/mol. The van der Waals surface area contributed by atoms with Gasteiger partial charge in [0.25, 0.3) is 0 Å². The third-order valence-electron chi connectivity index (χ3n) is 4.60. The fourth-order valence-electron chi connectivity index (χ4n) is 3.32. The monoisotopic (exact) mass is 282 g/mol. The third-order valence-corrected chi connectivity index (χ3v) is 4.60. The molecule has 2 N–H and O–H groups in total. The Kier molecular flexibility index (Phi) is 5.40. The molecule has 0 aromatic rings. The number of carbonyl (C=O) groups is 2. The Morgan fingerprint density at radius 2 is 1.70 bits per heavy atom. The van der Waals surface area contributed by atoms with Crippen molar-refractivity contribution in [2.75, 3.05) is 13.1 Å². The van der Waals surface area contributed by atoms with E-state index in [1.807, 2.05) is 11.8 Å². The number of carboxylic acids is 1. The summed E-state index contributed by atoms with van der Waals surface area (Å²) in [7, 11) is 0. The van der Waals surface area contributed by atoms with Gasteiger partial charge in [-0.25, -0.2) is 0 Å². The molecule has 1 aliphatic carbocycles. The standard InChI is InChI=1S/C15H26N2O3/c1-11(14(18)17-9-3-2-4-10-17)16-13-7-5-12(6-8-13)15(19)20/h11-13,16H,2-10H2,1H3,(H,19,20). The van der Waals surface area contributed by atoms with Crippen LogP contribution < -0.4 is 5.32 Å². The highest BCUT2D eigenvalue weighted by Gasteiger charge is 2.29. The summed E-state index contributed by atoms with van der Waals surface area (Å²) in [5.74, 6) is -0.674. The van der Waals surface area contributed by atoms with Crippen LogP contribution >= 0.6 is 0 Å². The van der Waals surface area contributed by atoms with Gasteiger partial charge in [0.2, 0.25) is 5.91 Å². The zero-order valence-corrected chi connectivity index (χ0v) is 12.3. The highest BCUT2D eigenvalue weighted by atomic mass is 16.4. The van der Waals surface area contributed by atoms with Gasteiger partial charge in [-0.2, -0.15) is 0 Å². The number of nitrogens with zero attached hydrogens (tertiary/aromatic N) is 1. The molecule has 2 fully saturated rings. The van der Waals surface area contributed by atoms with Gasteiger partial charge >= 0.3 is 5.97 Å². The van der Waals surface area contributed by atoms with Gasteiger partial charge in [-0.1, -0.05) is 0 Å². The Bertz CT molecular complexity index is 345. The summed E-state index contributed by atoms with van der Waals surface area (Å²) >= 11 is 0. The van der Waals surface area contributed by atoms with Crippen LogP contribution in [0, 0.1) is 5.92 Å². The smallest absolute Gasteiger partial charge is 0.306 e. The van der Waals surface area contributed by atoms with Crippen LogP contribution in [0.2, 0.25) is 0 Å². The van der Waals surface area contributed by atoms with Crippen LogP contribution in [0.1, 0.15) is 51.9 Å². The predicted octanol–water partition coefficient (Wildman–Crippen LogP) is 1.62. The molecule has 1 atom stereocenters. The molecule has 5 heteroatoms. The second kappa shape index (κ2) is 7.07. The number of carbonyl (C=O) groups excluding carboxylic acids is 1. The number of hydrogen-bond donors (Lipinski definition) is 2. The molecule has 0 aromatic heterocycles. The molecule has 1 heterocycles. The molecule has 1 amide bonds. The maximum atomic E-state index is 12.3. The number of aliphatic carboxylic acids is 1. The molecule has 0 spiro atoms. The molecule has 1 saturated carbocycles. The van der Waals surface area contributed by atoms with Crippen LogP contribution in [0.25, 0.3) is 0 Å². The van der Waals surface area contributed by atoms with Gasteiger partial charge in [0.1, 0.15) is 0 Å². The Labute approximate surface area is 120 Å². The van der Waals surface area contributed by atoms with E-state index in [0.717, 1.165) is 51.6 Å². The largest absolute Gasteiger partial charge is 0.481 e. The minimum absolute atomic E-state index is 0.153. The quantitative estimate of drug-likeness (QED) is 0.822. The van der Waals surface area contributed by atoms with E-state index in [4.69, 9.17) is 5.11 Å². The first-order chi connectivity index (χ1) is 9.58. The van der Waals surface area contributed by atoms with E-state index in [2.05, 4.69) is 5.32 Å². The summed E-state index contributed by atoms with van der Waals surface area (Å²) < 4.78 is 0. The van der Waals surface area contributed by atoms with Crippen molar-refractivity contribution in [3.8, 4) is 0 Å². The van der Waals surface area contributed by atoms with Crippen LogP contribution in [-0.4, -0.2) is 47.1 Å². The zero-order valence-electron chi connectivity index (χ0n) is 12.3. The normalized spacial score (nSPS) is 28.9. The third kappa shape index (κ3) is 3.95. The minimum Gasteiger partial charge on any atom is -0.481 e. The van der Waals surface area contributed by atoms with Crippen LogP contribution in [-0.2, 0) is 9.59 Å². The topological polar surface area (TPSA) is 69.6 Å². The lowest BCUT2D eigenvalue weighted by molar-refractivity contribution is -0.143. The molecule has 1 saturated heterocycles. The van der Waals surface area contributed by atoms with Gasteiger partial charge in [0.05, 0.1) is 12.0 Å². The number of hydrogen-bond acceptors (Lipinski definition) is 3. The first-order valence-electron chi connectivity index (χ1n) is 7.85. The van der Waals surface area contributed by atoms with E-state index >= 15 is 0 Å². The molecule has 0 bridgehead atoms. The molecule has 2 rings (SSSR count). The molecule has 1 unspecified atom stereocenters. The summed E-state index contributed by atoms with van der Waals surface area (Å²) in [6, 6.07) is 0.133. The SMILES string of the molecule is CC(NC1CCC(C(=O)O)CC1)C(=O)N1CCCCC1. The fraction of sp³-hybridized carbons (Fsp3) is 0.867. The second-order valence-electron chi connectivity index (χ2n) is 6.16. The zero-order chi connectivity index (χ0) is 14.5. The van der Waals surface area contributed by atoms with E-state index in [0.29, 0.717) is 0 Å². The lowest BCUT2D eigenvalue weighted by Gasteiger charge is -2.33. The summed E-state index contributed by atoms with van der Waals surface area (Å²) in [5, 5.41) is 12.4. The number of rotatable bonds is 4. The van der Waals surface area contributed by atoms with Crippen LogP contribution in [0.15, 0.2) is 0 Å². The van der Waals surface area contributed by atoms with Crippen molar-refractivity contribution in [3.05, 3.63) is 0 Å². The van der Waals surface area contributed by atoms with Crippen molar-refractivity contribution in [2.24, 2.45) is 5.92 Å². The molecule has 1 aliphatic heterocycles. The fourth-order valence-corrected chi connectivity index (χ4v) is 3.32. The lowest BCUT2D eigenvalue weighted by Crippen LogP contribution is -2.50. The van der Waals surface area contributed by atoms with Crippen molar-refractivity contribution in [2.45, 2.75) is 64.0 Å². The van der Waals surface area contributed by atoms with Gasteiger partial charge < -0.3 is 15.3 Å². The van der Waals surface area contributed by atoms with E-state index in [-0.39, 0.29) is 23.9 Å². The Hall–Kier alpha value is -1.10. The molecule has 114 valence electrons. The second-order valence-corrected chi connectivity index (χ2v) is 6.16. The van der Waals surface area contributed by atoms with E-state index in [1.54, 1.807) is 0 Å². The maximum Gasteiger partial charge on any atom is 0.306 e. The number of carboxylic acid groups (broad SMARTS) is 1. The van der Waals surface area contributed by atoms with E-state index < -0.39 is 5.97 Å². The Morgan fingerprint density at radius 3 is 2.25 bits per heavy atom. The molecular weight excluding hydrogens is 256 g/mol. The van der Waals surface area contributed by atoms with E-state index in [9.17, 15) is 9.59 Å². The van der Waals surface area contributed by atoms with Gasteiger partial charge in [-0.3, -0.25) is 9.59 Å². The molecule has 5 nitrogen and oxygen atoms in total. The summed E-state index contributed by atoms with van der Waals surface area (Å²) in [6.07, 6.45) is 6.60. The maximum absolute atomic E-state index is 12.3. The average Bonchev–Trinajstić information content (AvgIpc) is 2.48. The van der Waals surface area contributed by atoms with Crippen molar-refractivity contribution in [1.29, 1.82) is 0 Å². The molecule has 0 aromatic carbocycles. The van der Waals surface area contributed by atoms with Gasteiger partial charge in [0.15, 0.2) is 0 Å².